The van der Waals surface area contributed by atoms with Gasteiger partial charge < -0.3 is 20.3 Å². The molecule has 1 atom stereocenters. The quantitative estimate of drug-likeness (QED) is 0.387. The van der Waals surface area contributed by atoms with Gasteiger partial charge in [-0.25, -0.2) is 13.1 Å². The third-order valence-electron chi connectivity index (χ3n) is 4.52. The van der Waals surface area contributed by atoms with Gasteiger partial charge in [0.25, 0.3) is 0 Å². The van der Waals surface area contributed by atoms with Crippen molar-refractivity contribution in [2.24, 2.45) is 5.73 Å². The van der Waals surface area contributed by atoms with Crippen molar-refractivity contribution >= 4 is 60.9 Å². The fraction of sp³-hybridized carbons (Fsp3) is 0.400. The Kier molecular flexibility index (Phi) is 6.33. The Hall–Kier alpha value is -1.15. The van der Waals surface area contributed by atoms with Gasteiger partial charge in [-0.1, -0.05) is 0 Å². The normalized spacial score (nSPS) is 19.3. The first-order chi connectivity index (χ1) is 13.8. The molecular weight excluding hydrogens is 533 g/mol. The van der Waals surface area contributed by atoms with E-state index >= 15 is 0 Å². The van der Waals surface area contributed by atoms with Gasteiger partial charge >= 0.3 is 13.3 Å². The average molecular weight is 549 g/mol. The van der Waals surface area contributed by atoms with Crippen molar-refractivity contribution in [1.82, 2.24) is 4.72 Å². The molecule has 0 spiro atoms. The number of amides is 1. The van der Waals surface area contributed by atoms with Crippen molar-refractivity contribution in [3.8, 4) is 5.75 Å². The molecule has 1 fully saturated rings. The number of thiophene rings is 1. The molecule has 3 rings (SSSR count). The number of rotatable bonds is 7. The van der Waals surface area contributed by atoms with E-state index in [0.29, 0.717) is 24.3 Å². The third-order valence-corrected chi connectivity index (χ3v) is 9.96. The van der Waals surface area contributed by atoms with E-state index in [9.17, 15) is 26.6 Å². The van der Waals surface area contributed by atoms with Crippen molar-refractivity contribution in [2.75, 3.05) is 13.2 Å². The van der Waals surface area contributed by atoms with E-state index in [4.69, 9.17) is 20.3 Å². The van der Waals surface area contributed by atoms with Crippen molar-refractivity contribution in [3.63, 3.8) is 0 Å². The lowest BCUT2D eigenvalue weighted by Crippen LogP contribution is -2.24. The zero-order valence-corrected chi connectivity index (χ0v) is 19.1. The van der Waals surface area contributed by atoms with E-state index in [1.54, 1.807) is 0 Å². The highest BCUT2D eigenvalue weighted by Gasteiger charge is 2.53. The van der Waals surface area contributed by atoms with Gasteiger partial charge in [0.05, 0.1) is 16.6 Å². The first kappa shape index (κ1) is 23.5. The molecule has 1 aromatic heterocycles. The first-order valence-electron chi connectivity index (χ1n) is 8.36. The fourth-order valence-electron chi connectivity index (χ4n) is 2.95. The maximum Gasteiger partial charge on any atom is 0.400 e. The lowest BCUT2D eigenvalue weighted by molar-refractivity contribution is 0.0595. The summed E-state index contributed by atoms with van der Waals surface area (Å²) in [4.78, 5) is 28.8. The maximum atomic E-state index is 14.3. The topological polar surface area (TPSA) is 156 Å². The Morgan fingerprint density at radius 1 is 1.43 bits per heavy atom. The number of carbonyl (C=O) groups is 1. The van der Waals surface area contributed by atoms with E-state index in [0.717, 1.165) is 0 Å². The molecule has 2 heterocycles. The first-order valence-corrected chi connectivity index (χ1v) is 13.1. The SMILES string of the molecule is NC(=O)c1cc(OCC[C@H]2CCNS2(=O)=O)c2sc(C(F)(F)P(=O)(O)O)c(Br)c2c1. The number of halogens is 3. The van der Waals surface area contributed by atoms with Gasteiger partial charge in [-0.3, -0.25) is 9.36 Å². The number of hydrogen-bond donors (Lipinski definition) is 4. The highest BCUT2D eigenvalue weighted by molar-refractivity contribution is 9.10. The van der Waals surface area contributed by atoms with Crippen LogP contribution in [0.5, 0.6) is 5.75 Å². The highest BCUT2D eigenvalue weighted by atomic mass is 79.9. The molecule has 1 aliphatic heterocycles. The van der Waals surface area contributed by atoms with Crippen LogP contribution < -0.4 is 15.2 Å². The van der Waals surface area contributed by atoms with Crippen LogP contribution >= 0.6 is 34.9 Å². The minimum Gasteiger partial charge on any atom is -0.492 e. The zero-order chi connectivity index (χ0) is 22.5. The summed E-state index contributed by atoms with van der Waals surface area (Å²) in [6, 6.07) is 2.42. The Morgan fingerprint density at radius 2 is 2.10 bits per heavy atom. The van der Waals surface area contributed by atoms with E-state index < -0.39 is 39.3 Å². The van der Waals surface area contributed by atoms with Gasteiger partial charge in [-0.05, 0) is 40.9 Å². The van der Waals surface area contributed by atoms with E-state index in [1.165, 1.54) is 12.1 Å². The second-order valence-electron chi connectivity index (χ2n) is 6.53. The Morgan fingerprint density at radius 3 is 2.63 bits per heavy atom. The molecule has 1 saturated heterocycles. The van der Waals surface area contributed by atoms with Gasteiger partial charge in [0.1, 0.15) is 10.6 Å². The number of ether oxygens (including phenoxy) is 1. The second kappa shape index (κ2) is 8.08. The van der Waals surface area contributed by atoms with Crippen LogP contribution in [0, 0.1) is 0 Å². The standard InChI is InChI=1S/C15H16BrF2N2O7PS2/c16-11-9-5-7(14(19)21)6-10(27-4-2-8-1-3-20-30(8,25)26)12(9)29-13(11)15(17,18)28(22,23)24/h5-6,8,20H,1-4H2,(H2,19,21)(H2,22,23,24)/t8-/m1/s1. The summed E-state index contributed by atoms with van der Waals surface area (Å²) < 4.78 is 71.3. The zero-order valence-electron chi connectivity index (χ0n) is 15.0. The van der Waals surface area contributed by atoms with E-state index in [1.807, 2.05) is 0 Å². The molecule has 15 heteroatoms. The number of nitrogens with two attached hydrogens (primary N) is 1. The number of primary amides is 1. The van der Waals surface area contributed by atoms with Crippen LogP contribution in [0.15, 0.2) is 16.6 Å². The molecule has 2 aromatic rings. The summed E-state index contributed by atoms with van der Waals surface area (Å²) in [5, 5.41) is -0.610. The summed E-state index contributed by atoms with van der Waals surface area (Å²) in [5.74, 6) is -0.895. The summed E-state index contributed by atoms with van der Waals surface area (Å²) in [6.07, 6.45) is 0.515. The van der Waals surface area contributed by atoms with Crippen molar-refractivity contribution in [3.05, 3.63) is 27.0 Å². The maximum absolute atomic E-state index is 14.3. The smallest absolute Gasteiger partial charge is 0.400 e. The molecule has 0 aliphatic carbocycles. The van der Waals surface area contributed by atoms with Crippen LogP contribution in [0.4, 0.5) is 8.78 Å². The number of sulfonamides is 1. The third kappa shape index (κ3) is 4.27. The van der Waals surface area contributed by atoms with Gasteiger partial charge in [0.2, 0.25) is 15.9 Å². The number of hydrogen-bond acceptors (Lipinski definition) is 6. The van der Waals surface area contributed by atoms with Crippen LogP contribution in [0.1, 0.15) is 28.1 Å². The van der Waals surface area contributed by atoms with Crippen LogP contribution in [-0.4, -0.2) is 42.5 Å². The van der Waals surface area contributed by atoms with Crippen molar-refractivity contribution in [1.29, 1.82) is 0 Å². The minimum atomic E-state index is -5.83. The van der Waals surface area contributed by atoms with Gasteiger partial charge in [-0.2, -0.15) is 8.78 Å². The predicted octanol–water partition coefficient (Wildman–Crippen LogP) is 2.45. The molecule has 1 amide bonds. The van der Waals surface area contributed by atoms with Crippen LogP contribution in [-0.2, 0) is 20.3 Å². The minimum absolute atomic E-state index is 0.0249. The van der Waals surface area contributed by atoms with Gasteiger partial charge in [0, 0.05) is 22.0 Å². The van der Waals surface area contributed by atoms with Crippen LogP contribution in [0.2, 0.25) is 0 Å². The number of carbonyl (C=O) groups excluding carboxylic acids is 1. The summed E-state index contributed by atoms with van der Waals surface area (Å²) in [6.45, 7) is 0.218. The second-order valence-corrected chi connectivity index (χ2v) is 12.0. The molecule has 1 aromatic carbocycles. The molecule has 0 radical (unpaired) electrons. The molecule has 1 aliphatic rings. The molecule has 0 bridgehead atoms. The lowest BCUT2D eigenvalue weighted by Gasteiger charge is -2.16. The number of benzene rings is 1. The molecule has 9 nitrogen and oxygen atoms in total. The Bertz CT molecular complexity index is 1170. The largest absolute Gasteiger partial charge is 0.492 e. The van der Waals surface area contributed by atoms with Crippen molar-refractivity contribution in [2.45, 2.75) is 23.8 Å². The van der Waals surface area contributed by atoms with Crippen molar-refractivity contribution < 1.29 is 41.1 Å². The summed E-state index contributed by atoms with van der Waals surface area (Å²) in [5.41, 5.74) is 0.742. The Balaban J connectivity index is 2.01. The fourth-order valence-corrected chi connectivity index (χ4v) is 7.40. The Labute approximate surface area is 181 Å². The summed E-state index contributed by atoms with van der Waals surface area (Å²) in [7, 11) is -9.27. The van der Waals surface area contributed by atoms with Gasteiger partial charge in [0.15, 0.2) is 0 Å². The summed E-state index contributed by atoms with van der Waals surface area (Å²) >= 11 is 3.32. The number of nitrogens with one attached hydrogen (secondary N) is 1. The predicted molar refractivity (Wildman–Crippen MR) is 109 cm³/mol. The highest BCUT2D eigenvalue weighted by Crippen LogP contribution is 2.63. The number of fused-ring (bicyclic) bond motifs is 1. The molecule has 0 unspecified atom stereocenters. The monoisotopic (exact) mass is 548 g/mol. The molecule has 166 valence electrons. The van der Waals surface area contributed by atoms with Crippen LogP contribution in [0.25, 0.3) is 10.1 Å². The molecule has 30 heavy (non-hydrogen) atoms. The molecular formula is C15H16BrF2N2O7PS2. The van der Waals surface area contributed by atoms with Gasteiger partial charge in [-0.15, -0.1) is 11.3 Å². The lowest BCUT2D eigenvalue weighted by atomic mass is 10.1. The molecule has 0 saturated carbocycles. The van der Waals surface area contributed by atoms with Crippen LogP contribution in [0.3, 0.4) is 0 Å². The number of alkyl halides is 2. The van der Waals surface area contributed by atoms with E-state index in [2.05, 4.69) is 20.7 Å². The van der Waals surface area contributed by atoms with E-state index in [-0.39, 0.29) is 38.9 Å². The average Bonchev–Trinajstić information content (AvgIpc) is 3.13. The molecule has 5 N–H and O–H groups in total.